The topological polar surface area (TPSA) is 65.5 Å². The molecule has 2 aromatic rings. The molecule has 2 rings (SSSR count). The van der Waals surface area contributed by atoms with E-state index in [2.05, 4.69) is 52.1 Å². The second-order valence-electron chi connectivity index (χ2n) is 6.16. The van der Waals surface area contributed by atoms with Gasteiger partial charge in [-0.25, -0.2) is 0 Å². The van der Waals surface area contributed by atoms with E-state index in [-0.39, 0.29) is 5.91 Å². The summed E-state index contributed by atoms with van der Waals surface area (Å²) in [6.07, 6.45) is 2.93. The first-order valence-electron chi connectivity index (χ1n) is 9.02. The van der Waals surface area contributed by atoms with Crippen LogP contribution in [0.2, 0.25) is 0 Å². The fourth-order valence-corrected chi connectivity index (χ4v) is 3.16. The highest BCUT2D eigenvalue weighted by Crippen LogP contribution is 2.07. The highest BCUT2D eigenvalue weighted by molar-refractivity contribution is 7.12. The Morgan fingerprint density at radius 2 is 1.88 bits per heavy atom. The standard InChI is InChI=1S/C20H28N4OS/c1-16(11-12-17-8-4-3-5-9-17)24-20(21-2)23-14-7-13-22-19(25)18-10-6-15-26-18/h3-6,8-10,15-16H,7,11-14H2,1-2H3,(H,22,25)(H2,21,23,24). The van der Waals surface area contributed by atoms with Crippen LogP contribution in [0.3, 0.4) is 0 Å². The Bertz CT molecular complexity index is 670. The quantitative estimate of drug-likeness (QED) is 0.360. The summed E-state index contributed by atoms with van der Waals surface area (Å²) < 4.78 is 0. The summed E-state index contributed by atoms with van der Waals surface area (Å²) in [5.41, 5.74) is 1.35. The molecule has 5 nitrogen and oxygen atoms in total. The third kappa shape index (κ3) is 7.27. The smallest absolute Gasteiger partial charge is 0.261 e. The van der Waals surface area contributed by atoms with Crippen molar-refractivity contribution in [3.63, 3.8) is 0 Å². The van der Waals surface area contributed by atoms with Gasteiger partial charge in [0.15, 0.2) is 5.96 Å². The second kappa shape index (κ2) is 11.3. The van der Waals surface area contributed by atoms with Crippen LogP contribution < -0.4 is 16.0 Å². The number of aryl methyl sites for hydroxylation is 1. The average Bonchev–Trinajstić information content (AvgIpc) is 3.20. The molecule has 1 aromatic heterocycles. The van der Waals surface area contributed by atoms with Crippen molar-refractivity contribution in [2.24, 2.45) is 4.99 Å². The molecule has 1 aromatic carbocycles. The molecule has 0 saturated carbocycles. The van der Waals surface area contributed by atoms with E-state index in [1.54, 1.807) is 7.05 Å². The fourth-order valence-electron chi connectivity index (χ4n) is 2.52. The normalized spacial score (nSPS) is 12.5. The number of amides is 1. The van der Waals surface area contributed by atoms with Crippen LogP contribution in [0.25, 0.3) is 0 Å². The summed E-state index contributed by atoms with van der Waals surface area (Å²) in [7, 11) is 1.78. The molecule has 3 N–H and O–H groups in total. The monoisotopic (exact) mass is 372 g/mol. The molecule has 0 aliphatic heterocycles. The molecule has 0 radical (unpaired) electrons. The molecule has 6 heteroatoms. The van der Waals surface area contributed by atoms with E-state index in [0.29, 0.717) is 12.6 Å². The highest BCUT2D eigenvalue weighted by Gasteiger charge is 2.07. The molecule has 0 spiro atoms. The molecule has 0 aliphatic rings. The maximum absolute atomic E-state index is 11.8. The summed E-state index contributed by atoms with van der Waals surface area (Å²) in [5.74, 6) is 0.798. The van der Waals surface area contributed by atoms with Crippen LogP contribution in [-0.4, -0.2) is 38.0 Å². The van der Waals surface area contributed by atoms with E-state index >= 15 is 0 Å². The van der Waals surface area contributed by atoms with Gasteiger partial charge in [-0.3, -0.25) is 9.79 Å². The van der Waals surface area contributed by atoms with Crippen molar-refractivity contribution in [2.45, 2.75) is 32.2 Å². The van der Waals surface area contributed by atoms with Crippen LogP contribution in [0, 0.1) is 0 Å². The number of rotatable bonds is 9. The lowest BCUT2D eigenvalue weighted by atomic mass is 10.1. The van der Waals surface area contributed by atoms with Gasteiger partial charge in [0.25, 0.3) is 5.91 Å². The number of carbonyl (C=O) groups excluding carboxylic acids is 1. The molecule has 1 atom stereocenters. The molecule has 0 fully saturated rings. The number of benzene rings is 1. The Balaban J connectivity index is 1.59. The first-order chi connectivity index (χ1) is 12.7. The van der Waals surface area contributed by atoms with E-state index in [9.17, 15) is 4.79 Å². The highest BCUT2D eigenvalue weighted by atomic mass is 32.1. The van der Waals surface area contributed by atoms with Crippen molar-refractivity contribution >= 4 is 23.2 Å². The number of thiophene rings is 1. The van der Waals surface area contributed by atoms with Crippen LogP contribution in [0.15, 0.2) is 52.8 Å². The van der Waals surface area contributed by atoms with Gasteiger partial charge >= 0.3 is 0 Å². The lowest BCUT2D eigenvalue weighted by Gasteiger charge is -2.18. The lowest BCUT2D eigenvalue weighted by Crippen LogP contribution is -2.43. The first kappa shape index (κ1) is 20.0. The van der Waals surface area contributed by atoms with Gasteiger partial charge in [-0.1, -0.05) is 36.4 Å². The molecule has 0 bridgehead atoms. The second-order valence-corrected chi connectivity index (χ2v) is 7.10. The molecule has 1 amide bonds. The predicted molar refractivity (Wildman–Crippen MR) is 110 cm³/mol. The first-order valence-corrected chi connectivity index (χ1v) is 9.90. The third-order valence-corrected chi connectivity index (χ3v) is 4.86. The van der Waals surface area contributed by atoms with Crippen molar-refractivity contribution in [1.82, 2.24) is 16.0 Å². The Kier molecular flexibility index (Phi) is 8.69. The Morgan fingerprint density at radius 1 is 1.12 bits per heavy atom. The lowest BCUT2D eigenvalue weighted by molar-refractivity contribution is 0.0957. The zero-order valence-electron chi connectivity index (χ0n) is 15.5. The Hall–Kier alpha value is -2.34. The largest absolute Gasteiger partial charge is 0.356 e. The SMILES string of the molecule is CN=C(NCCCNC(=O)c1cccs1)NC(C)CCc1ccccc1. The maximum Gasteiger partial charge on any atom is 0.261 e. The summed E-state index contributed by atoms with van der Waals surface area (Å²) in [6.45, 7) is 3.57. The minimum Gasteiger partial charge on any atom is -0.356 e. The zero-order chi connectivity index (χ0) is 18.6. The fraction of sp³-hybridized carbons (Fsp3) is 0.400. The molecule has 1 heterocycles. The van der Waals surface area contributed by atoms with Crippen molar-refractivity contribution in [1.29, 1.82) is 0 Å². The van der Waals surface area contributed by atoms with Crippen molar-refractivity contribution in [2.75, 3.05) is 20.1 Å². The van der Waals surface area contributed by atoms with Crippen LogP contribution in [0.1, 0.15) is 35.0 Å². The number of nitrogens with one attached hydrogen (secondary N) is 3. The number of nitrogens with zero attached hydrogens (tertiary/aromatic N) is 1. The molecular weight excluding hydrogens is 344 g/mol. The molecule has 0 aliphatic carbocycles. The predicted octanol–water partition coefficient (Wildman–Crippen LogP) is 3.05. The number of aliphatic imine (C=N–C) groups is 1. The summed E-state index contributed by atoms with van der Waals surface area (Å²) in [5, 5.41) is 11.5. The van der Waals surface area contributed by atoms with E-state index in [0.717, 1.165) is 36.6 Å². The average molecular weight is 373 g/mol. The van der Waals surface area contributed by atoms with Crippen LogP contribution in [0.5, 0.6) is 0 Å². The number of guanidine groups is 1. The number of hydrogen-bond acceptors (Lipinski definition) is 3. The number of hydrogen-bond donors (Lipinski definition) is 3. The molecular formula is C20H28N4OS. The van der Waals surface area contributed by atoms with Gasteiger partial charge in [0, 0.05) is 26.2 Å². The van der Waals surface area contributed by atoms with Gasteiger partial charge in [0.2, 0.25) is 0 Å². The van der Waals surface area contributed by atoms with E-state index in [1.165, 1.54) is 16.9 Å². The van der Waals surface area contributed by atoms with Crippen molar-refractivity contribution < 1.29 is 4.79 Å². The van der Waals surface area contributed by atoms with Crippen molar-refractivity contribution in [3.8, 4) is 0 Å². The van der Waals surface area contributed by atoms with Gasteiger partial charge < -0.3 is 16.0 Å². The molecule has 0 saturated heterocycles. The van der Waals surface area contributed by atoms with Gasteiger partial charge in [0.05, 0.1) is 4.88 Å². The van der Waals surface area contributed by atoms with Crippen molar-refractivity contribution in [3.05, 3.63) is 58.3 Å². The molecule has 1 unspecified atom stereocenters. The van der Waals surface area contributed by atoms with Crippen LogP contribution >= 0.6 is 11.3 Å². The van der Waals surface area contributed by atoms with E-state index in [1.807, 2.05) is 23.6 Å². The van der Waals surface area contributed by atoms with Gasteiger partial charge in [-0.2, -0.15) is 0 Å². The van der Waals surface area contributed by atoms with E-state index < -0.39 is 0 Å². The van der Waals surface area contributed by atoms with Gasteiger partial charge in [-0.05, 0) is 43.2 Å². The third-order valence-electron chi connectivity index (χ3n) is 3.99. The van der Waals surface area contributed by atoms with Gasteiger partial charge in [-0.15, -0.1) is 11.3 Å². The summed E-state index contributed by atoms with van der Waals surface area (Å²) in [6, 6.07) is 14.6. The Morgan fingerprint density at radius 3 is 2.58 bits per heavy atom. The molecule has 26 heavy (non-hydrogen) atoms. The van der Waals surface area contributed by atoms with Crippen LogP contribution in [-0.2, 0) is 6.42 Å². The summed E-state index contributed by atoms with van der Waals surface area (Å²) >= 11 is 1.46. The zero-order valence-corrected chi connectivity index (χ0v) is 16.3. The Labute approximate surface area is 159 Å². The summed E-state index contributed by atoms with van der Waals surface area (Å²) in [4.78, 5) is 16.9. The minimum atomic E-state index is -0.00274. The van der Waals surface area contributed by atoms with Gasteiger partial charge in [0.1, 0.15) is 0 Å². The maximum atomic E-state index is 11.8. The van der Waals surface area contributed by atoms with E-state index in [4.69, 9.17) is 0 Å². The molecule has 140 valence electrons. The minimum absolute atomic E-state index is 0.00274. The van der Waals surface area contributed by atoms with Crippen LogP contribution in [0.4, 0.5) is 0 Å². The number of carbonyl (C=O) groups is 1.